The van der Waals surface area contributed by atoms with Gasteiger partial charge in [-0.1, -0.05) is 30.0 Å². The quantitative estimate of drug-likeness (QED) is 0.555. The van der Waals surface area contributed by atoms with Crippen molar-refractivity contribution in [2.24, 2.45) is 5.92 Å². The number of benzene rings is 3. The molecule has 0 spiro atoms. The molecule has 0 bridgehead atoms. The first-order valence-corrected chi connectivity index (χ1v) is 9.85. The maximum absolute atomic E-state index is 14.6. The molecule has 1 saturated heterocycles. The van der Waals surface area contributed by atoms with E-state index in [2.05, 4.69) is 11.8 Å². The number of rotatable bonds is 4. The minimum atomic E-state index is -0.568. The molecule has 5 heteroatoms. The fourth-order valence-corrected chi connectivity index (χ4v) is 3.40. The maximum atomic E-state index is 14.6. The van der Waals surface area contributed by atoms with E-state index in [1.165, 1.54) is 18.2 Å². The molecule has 1 fully saturated rings. The Balaban J connectivity index is 1.45. The molecule has 0 unspecified atom stereocenters. The van der Waals surface area contributed by atoms with E-state index in [4.69, 9.17) is 14.2 Å². The van der Waals surface area contributed by atoms with Crippen LogP contribution in [-0.2, 0) is 14.2 Å². The highest BCUT2D eigenvalue weighted by Crippen LogP contribution is 2.27. The molecule has 3 aromatic carbocycles. The summed E-state index contributed by atoms with van der Waals surface area (Å²) in [7, 11) is 1.67. The van der Waals surface area contributed by atoms with Crippen LogP contribution in [0.2, 0.25) is 0 Å². The Morgan fingerprint density at radius 3 is 2.47 bits per heavy atom. The molecular formula is C25H22F2O3. The minimum Gasteiger partial charge on any atom is -0.385 e. The second kappa shape index (κ2) is 9.36. The van der Waals surface area contributed by atoms with Crippen molar-refractivity contribution in [3.05, 3.63) is 82.9 Å². The van der Waals surface area contributed by atoms with Gasteiger partial charge in [-0.2, -0.15) is 0 Å². The molecule has 0 radical (unpaired) electrons. The first-order chi connectivity index (χ1) is 14.6. The Hall–Kier alpha value is -2.78. The van der Waals surface area contributed by atoms with Gasteiger partial charge in [-0.25, -0.2) is 8.78 Å². The lowest BCUT2D eigenvalue weighted by molar-refractivity contribution is -0.207. The van der Waals surface area contributed by atoms with E-state index >= 15 is 0 Å². The van der Waals surface area contributed by atoms with Crippen LogP contribution in [0.25, 0.3) is 10.8 Å². The standard InChI is InChI=1S/C25H22F2O3/c1-28-11-10-18-15-29-25(30-16-18)22-7-6-19(24(27)14-22)4-2-17-3-5-21-13-23(26)9-8-20(21)12-17/h3,5-9,12-14,18,25H,10-11,15-16H2,1H3. The molecule has 0 saturated carbocycles. The van der Waals surface area contributed by atoms with E-state index in [9.17, 15) is 8.78 Å². The smallest absolute Gasteiger partial charge is 0.183 e. The Labute approximate surface area is 174 Å². The topological polar surface area (TPSA) is 27.7 Å². The van der Waals surface area contributed by atoms with Crippen LogP contribution in [0.15, 0.2) is 54.6 Å². The van der Waals surface area contributed by atoms with Crippen molar-refractivity contribution >= 4 is 10.8 Å². The molecule has 0 aliphatic carbocycles. The van der Waals surface area contributed by atoms with E-state index in [0.717, 1.165) is 22.8 Å². The van der Waals surface area contributed by atoms with E-state index in [1.54, 1.807) is 37.4 Å². The van der Waals surface area contributed by atoms with Gasteiger partial charge in [-0.3, -0.25) is 0 Å². The molecule has 1 aliphatic heterocycles. The Kier molecular flexibility index (Phi) is 6.39. The van der Waals surface area contributed by atoms with Gasteiger partial charge in [0, 0.05) is 30.8 Å². The van der Waals surface area contributed by atoms with E-state index in [-0.39, 0.29) is 11.7 Å². The molecule has 4 rings (SSSR count). The van der Waals surface area contributed by atoms with E-state index in [0.29, 0.717) is 30.9 Å². The average molecular weight is 408 g/mol. The highest BCUT2D eigenvalue weighted by atomic mass is 19.1. The SMILES string of the molecule is COCCC1COC(c2ccc(C#Cc3ccc4cc(F)ccc4c3)c(F)c2)OC1. The summed E-state index contributed by atoms with van der Waals surface area (Å²) in [6.07, 6.45) is 0.303. The van der Waals surface area contributed by atoms with Crippen LogP contribution >= 0.6 is 0 Å². The van der Waals surface area contributed by atoms with E-state index in [1.807, 2.05) is 6.07 Å². The Bertz CT molecular complexity index is 1090. The van der Waals surface area contributed by atoms with Crippen LogP contribution in [0.1, 0.15) is 29.4 Å². The Morgan fingerprint density at radius 2 is 1.70 bits per heavy atom. The van der Waals surface area contributed by atoms with Crippen molar-refractivity contribution in [3.8, 4) is 11.8 Å². The van der Waals surface area contributed by atoms with Crippen LogP contribution in [0, 0.1) is 29.4 Å². The lowest BCUT2D eigenvalue weighted by Crippen LogP contribution is -2.28. The van der Waals surface area contributed by atoms with Gasteiger partial charge in [0.15, 0.2) is 6.29 Å². The van der Waals surface area contributed by atoms with Crippen LogP contribution in [0.4, 0.5) is 8.78 Å². The molecule has 3 nitrogen and oxygen atoms in total. The van der Waals surface area contributed by atoms with Crippen LogP contribution in [-0.4, -0.2) is 26.9 Å². The van der Waals surface area contributed by atoms with Gasteiger partial charge in [0.2, 0.25) is 0 Å². The molecule has 0 N–H and O–H groups in total. The number of methoxy groups -OCH3 is 1. The molecule has 1 heterocycles. The summed E-state index contributed by atoms with van der Waals surface area (Å²) >= 11 is 0. The zero-order valence-corrected chi connectivity index (χ0v) is 16.7. The number of ether oxygens (including phenoxy) is 3. The molecule has 0 amide bonds. The highest BCUT2D eigenvalue weighted by Gasteiger charge is 2.24. The van der Waals surface area contributed by atoms with Crippen LogP contribution < -0.4 is 0 Å². The lowest BCUT2D eigenvalue weighted by atomic mass is 10.1. The van der Waals surface area contributed by atoms with Crippen molar-refractivity contribution in [2.75, 3.05) is 26.9 Å². The highest BCUT2D eigenvalue weighted by molar-refractivity contribution is 5.83. The third kappa shape index (κ3) is 4.85. The third-order valence-corrected chi connectivity index (χ3v) is 5.11. The summed E-state index contributed by atoms with van der Waals surface area (Å²) in [5.41, 5.74) is 1.67. The first kappa shape index (κ1) is 20.5. The molecule has 1 aliphatic rings. The zero-order valence-electron chi connectivity index (χ0n) is 16.7. The number of hydrogen-bond donors (Lipinski definition) is 0. The normalized spacial score (nSPS) is 18.8. The summed E-state index contributed by atoms with van der Waals surface area (Å²) in [5, 5.41) is 1.68. The average Bonchev–Trinajstić information content (AvgIpc) is 2.77. The Morgan fingerprint density at radius 1 is 0.933 bits per heavy atom. The third-order valence-electron chi connectivity index (χ3n) is 5.11. The monoisotopic (exact) mass is 408 g/mol. The molecule has 154 valence electrons. The van der Waals surface area contributed by atoms with Gasteiger partial charge < -0.3 is 14.2 Å². The van der Waals surface area contributed by atoms with Gasteiger partial charge in [0.25, 0.3) is 0 Å². The number of halogens is 2. The molecule has 0 aromatic heterocycles. The van der Waals surface area contributed by atoms with Gasteiger partial charge in [0.1, 0.15) is 11.6 Å². The van der Waals surface area contributed by atoms with Crippen molar-refractivity contribution in [3.63, 3.8) is 0 Å². The fourth-order valence-electron chi connectivity index (χ4n) is 3.40. The summed E-state index contributed by atoms with van der Waals surface area (Å²) < 4.78 is 44.4. The molecular weight excluding hydrogens is 386 g/mol. The molecule has 30 heavy (non-hydrogen) atoms. The summed E-state index contributed by atoms with van der Waals surface area (Å²) in [6, 6.07) is 14.9. The first-order valence-electron chi connectivity index (χ1n) is 9.85. The van der Waals surface area contributed by atoms with Gasteiger partial charge in [-0.15, -0.1) is 0 Å². The van der Waals surface area contributed by atoms with Gasteiger partial charge in [-0.05, 0) is 53.6 Å². The maximum Gasteiger partial charge on any atom is 0.183 e. The number of fused-ring (bicyclic) bond motifs is 1. The van der Waals surface area contributed by atoms with Crippen molar-refractivity contribution in [1.82, 2.24) is 0 Å². The molecule has 0 atom stereocenters. The summed E-state index contributed by atoms with van der Waals surface area (Å²) in [6.45, 7) is 1.78. The predicted octanol–water partition coefficient (Wildman–Crippen LogP) is 5.22. The summed E-state index contributed by atoms with van der Waals surface area (Å²) in [5.74, 6) is 5.43. The lowest BCUT2D eigenvalue weighted by Gasteiger charge is -2.29. The van der Waals surface area contributed by atoms with Crippen LogP contribution in [0.5, 0.6) is 0 Å². The fraction of sp³-hybridized carbons (Fsp3) is 0.280. The zero-order chi connectivity index (χ0) is 20.9. The van der Waals surface area contributed by atoms with E-state index < -0.39 is 12.1 Å². The second-order valence-electron chi connectivity index (χ2n) is 7.34. The second-order valence-corrected chi connectivity index (χ2v) is 7.34. The summed E-state index contributed by atoms with van der Waals surface area (Å²) in [4.78, 5) is 0. The minimum absolute atomic E-state index is 0.278. The van der Waals surface area contributed by atoms with Crippen LogP contribution in [0.3, 0.4) is 0 Å². The number of hydrogen-bond acceptors (Lipinski definition) is 3. The van der Waals surface area contributed by atoms with Crippen molar-refractivity contribution in [2.45, 2.75) is 12.7 Å². The predicted molar refractivity (Wildman–Crippen MR) is 111 cm³/mol. The van der Waals surface area contributed by atoms with Crippen molar-refractivity contribution in [1.29, 1.82) is 0 Å². The molecule has 3 aromatic rings. The van der Waals surface area contributed by atoms with Gasteiger partial charge in [0.05, 0.1) is 18.8 Å². The van der Waals surface area contributed by atoms with Gasteiger partial charge >= 0.3 is 0 Å². The largest absolute Gasteiger partial charge is 0.385 e. The van der Waals surface area contributed by atoms with Crippen molar-refractivity contribution < 1.29 is 23.0 Å².